The molecule has 4 unspecified atom stereocenters. The molecule has 3 nitrogen and oxygen atoms in total. The molecule has 2 fully saturated rings. The Morgan fingerprint density at radius 2 is 2.00 bits per heavy atom. The van der Waals surface area contributed by atoms with Crippen molar-refractivity contribution in [1.82, 2.24) is 5.32 Å². The topological polar surface area (TPSA) is 38.3 Å². The van der Waals surface area contributed by atoms with Gasteiger partial charge in [0.05, 0.1) is 13.2 Å². The van der Waals surface area contributed by atoms with Gasteiger partial charge in [-0.15, -0.1) is 0 Å². The van der Waals surface area contributed by atoms with E-state index < -0.39 is 0 Å². The van der Waals surface area contributed by atoms with Crippen LogP contribution < -0.4 is 5.32 Å². The van der Waals surface area contributed by atoms with E-state index >= 15 is 0 Å². The zero-order valence-electron chi connectivity index (χ0n) is 12.2. The number of hydrogen-bond donors (Lipinski definition) is 1. The summed E-state index contributed by atoms with van der Waals surface area (Å²) in [5, 5.41) is 3.54. The van der Waals surface area contributed by atoms with Crippen LogP contribution in [0.5, 0.6) is 0 Å². The summed E-state index contributed by atoms with van der Waals surface area (Å²) in [6.45, 7) is 10.5. The van der Waals surface area contributed by atoms with E-state index in [1.165, 1.54) is 0 Å². The van der Waals surface area contributed by atoms with Gasteiger partial charge in [-0.05, 0) is 31.1 Å². The maximum atomic E-state index is 12.2. The highest BCUT2D eigenvalue weighted by Crippen LogP contribution is 2.40. The standard InChI is InChI=1S/C15H27NO2/c1-10-8-18-9-13(16-10)12-7-11(15(2,3)4)5-6-14(12)17/h10-13,16H,5-9H2,1-4H3. The van der Waals surface area contributed by atoms with Crippen LogP contribution in [0.15, 0.2) is 0 Å². The van der Waals surface area contributed by atoms with Gasteiger partial charge < -0.3 is 10.1 Å². The largest absolute Gasteiger partial charge is 0.378 e. The van der Waals surface area contributed by atoms with Crippen LogP contribution >= 0.6 is 0 Å². The average molecular weight is 253 g/mol. The van der Waals surface area contributed by atoms with Crippen LogP contribution in [0.4, 0.5) is 0 Å². The molecule has 1 saturated carbocycles. The van der Waals surface area contributed by atoms with Gasteiger partial charge in [-0.25, -0.2) is 0 Å². The fraction of sp³-hybridized carbons (Fsp3) is 0.933. The quantitative estimate of drug-likeness (QED) is 0.780. The zero-order chi connectivity index (χ0) is 13.3. The summed E-state index contributed by atoms with van der Waals surface area (Å²) >= 11 is 0. The van der Waals surface area contributed by atoms with Crippen LogP contribution in [0.2, 0.25) is 0 Å². The van der Waals surface area contributed by atoms with E-state index in [1.807, 2.05) is 0 Å². The second-order valence-electron chi connectivity index (χ2n) is 7.12. The fourth-order valence-electron chi connectivity index (χ4n) is 3.30. The van der Waals surface area contributed by atoms with E-state index in [4.69, 9.17) is 4.74 Å². The van der Waals surface area contributed by atoms with Crippen molar-refractivity contribution in [3.63, 3.8) is 0 Å². The molecule has 1 aliphatic heterocycles. The fourth-order valence-corrected chi connectivity index (χ4v) is 3.30. The van der Waals surface area contributed by atoms with Crippen LogP contribution in [-0.2, 0) is 9.53 Å². The van der Waals surface area contributed by atoms with Gasteiger partial charge in [-0.3, -0.25) is 4.79 Å². The van der Waals surface area contributed by atoms with Crippen molar-refractivity contribution in [3.8, 4) is 0 Å². The van der Waals surface area contributed by atoms with Crippen LogP contribution in [0.25, 0.3) is 0 Å². The molecule has 2 rings (SSSR count). The highest BCUT2D eigenvalue weighted by atomic mass is 16.5. The van der Waals surface area contributed by atoms with Crippen LogP contribution in [0.1, 0.15) is 47.0 Å². The lowest BCUT2D eigenvalue weighted by atomic mass is 9.67. The van der Waals surface area contributed by atoms with Gasteiger partial charge in [0.25, 0.3) is 0 Å². The smallest absolute Gasteiger partial charge is 0.137 e. The highest BCUT2D eigenvalue weighted by Gasteiger charge is 2.39. The van der Waals surface area contributed by atoms with Crippen molar-refractivity contribution in [2.75, 3.05) is 13.2 Å². The Balaban J connectivity index is 2.03. The lowest BCUT2D eigenvalue weighted by molar-refractivity contribution is -0.129. The van der Waals surface area contributed by atoms with E-state index in [0.717, 1.165) is 25.9 Å². The van der Waals surface area contributed by atoms with Crippen LogP contribution in [-0.4, -0.2) is 31.1 Å². The predicted octanol–water partition coefficient (Wildman–Crippen LogP) is 2.39. The number of carbonyl (C=O) groups excluding carboxylic acids is 1. The molecule has 1 N–H and O–H groups in total. The molecule has 2 aliphatic rings. The first-order valence-corrected chi connectivity index (χ1v) is 7.24. The first-order chi connectivity index (χ1) is 8.38. The Kier molecular flexibility index (Phi) is 4.12. The minimum Gasteiger partial charge on any atom is -0.378 e. The van der Waals surface area contributed by atoms with Crippen LogP contribution in [0.3, 0.4) is 0 Å². The molecule has 104 valence electrons. The molecule has 0 aromatic carbocycles. The first-order valence-electron chi connectivity index (χ1n) is 7.24. The van der Waals surface area contributed by atoms with Crippen LogP contribution in [0, 0.1) is 17.3 Å². The number of rotatable bonds is 1. The highest BCUT2D eigenvalue weighted by molar-refractivity contribution is 5.82. The summed E-state index contributed by atoms with van der Waals surface area (Å²) in [6, 6.07) is 0.595. The van der Waals surface area contributed by atoms with Gasteiger partial charge in [0.1, 0.15) is 5.78 Å². The SMILES string of the molecule is CC1COCC(C2CC(C(C)(C)C)CCC2=O)N1. The van der Waals surface area contributed by atoms with E-state index in [1.54, 1.807) is 0 Å². The van der Waals surface area contributed by atoms with Crippen molar-refractivity contribution in [1.29, 1.82) is 0 Å². The van der Waals surface area contributed by atoms with E-state index in [0.29, 0.717) is 29.8 Å². The monoisotopic (exact) mass is 253 g/mol. The second-order valence-corrected chi connectivity index (χ2v) is 7.12. The minimum absolute atomic E-state index is 0.158. The number of nitrogens with one attached hydrogen (secondary N) is 1. The Labute approximate surface area is 111 Å². The molecule has 0 spiro atoms. The molecule has 0 amide bonds. The predicted molar refractivity (Wildman–Crippen MR) is 72.5 cm³/mol. The molecule has 0 aromatic rings. The van der Waals surface area contributed by atoms with Gasteiger partial charge >= 0.3 is 0 Å². The maximum absolute atomic E-state index is 12.2. The molecule has 18 heavy (non-hydrogen) atoms. The maximum Gasteiger partial charge on any atom is 0.137 e. The van der Waals surface area contributed by atoms with Crippen molar-refractivity contribution in [2.24, 2.45) is 17.3 Å². The average Bonchev–Trinajstić information content (AvgIpc) is 2.28. The molecule has 3 heteroatoms. The lowest BCUT2D eigenvalue weighted by Gasteiger charge is -2.41. The Bertz CT molecular complexity index is 308. The Morgan fingerprint density at radius 3 is 2.61 bits per heavy atom. The van der Waals surface area contributed by atoms with E-state index in [-0.39, 0.29) is 12.0 Å². The summed E-state index contributed by atoms with van der Waals surface area (Å²) in [7, 11) is 0. The van der Waals surface area contributed by atoms with Crippen molar-refractivity contribution in [3.05, 3.63) is 0 Å². The van der Waals surface area contributed by atoms with Gasteiger partial charge in [-0.1, -0.05) is 20.8 Å². The molecule has 1 saturated heterocycles. The molecule has 0 radical (unpaired) electrons. The molecule has 4 atom stereocenters. The third kappa shape index (κ3) is 3.12. The second kappa shape index (κ2) is 5.30. The molecular weight excluding hydrogens is 226 g/mol. The van der Waals surface area contributed by atoms with Crippen molar-refractivity contribution >= 4 is 5.78 Å². The number of ether oxygens (including phenoxy) is 1. The number of morpholine rings is 1. The lowest BCUT2D eigenvalue weighted by Crippen LogP contribution is -2.54. The number of Topliss-reactive ketones (excluding diaryl/α,β-unsaturated/α-hetero) is 1. The summed E-state index contributed by atoms with van der Waals surface area (Å²) in [5.41, 5.74) is 0.306. The summed E-state index contributed by atoms with van der Waals surface area (Å²) in [4.78, 5) is 12.2. The first kappa shape index (κ1) is 14.0. The summed E-state index contributed by atoms with van der Waals surface area (Å²) < 4.78 is 5.60. The zero-order valence-corrected chi connectivity index (χ0v) is 12.2. The van der Waals surface area contributed by atoms with Gasteiger partial charge in [0, 0.05) is 24.4 Å². The molecule has 0 bridgehead atoms. The van der Waals surface area contributed by atoms with Gasteiger partial charge in [-0.2, -0.15) is 0 Å². The normalized spacial score (nSPS) is 38.8. The van der Waals surface area contributed by atoms with Gasteiger partial charge in [0.2, 0.25) is 0 Å². The number of hydrogen-bond acceptors (Lipinski definition) is 3. The molecule has 1 heterocycles. The summed E-state index contributed by atoms with van der Waals surface area (Å²) in [5.74, 6) is 1.25. The van der Waals surface area contributed by atoms with E-state index in [9.17, 15) is 4.79 Å². The molecule has 0 aromatic heterocycles. The van der Waals surface area contributed by atoms with Crippen molar-refractivity contribution < 1.29 is 9.53 Å². The number of carbonyl (C=O) groups is 1. The molecule has 1 aliphatic carbocycles. The number of ketones is 1. The third-order valence-corrected chi connectivity index (χ3v) is 4.57. The Hall–Kier alpha value is -0.410. The van der Waals surface area contributed by atoms with Gasteiger partial charge in [0.15, 0.2) is 0 Å². The Morgan fingerprint density at radius 1 is 1.28 bits per heavy atom. The molecular formula is C15H27NO2. The van der Waals surface area contributed by atoms with E-state index in [2.05, 4.69) is 33.0 Å². The van der Waals surface area contributed by atoms with Crippen molar-refractivity contribution in [2.45, 2.75) is 59.0 Å². The minimum atomic E-state index is 0.158. The third-order valence-electron chi connectivity index (χ3n) is 4.57. The summed E-state index contributed by atoms with van der Waals surface area (Å²) in [6.07, 6.45) is 2.83.